The molecule has 0 spiro atoms. The van der Waals surface area contributed by atoms with Crippen LogP contribution in [-0.2, 0) is 33.4 Å². The second-order valence-corrected chi connectivity index (χ2v) is 14.9. The van der Waals surface area contributed by atoms with E-state index in [0.29, 0.717) is 5.75 Å². The zero-order chi connectivity index (χ0) is 26.3. The number of nitrogens with one attached hydrogen (secondary N) is 2. The Bertz CT molecular complexity index is 953. The van der Waals surface area contributed by atoms with Gasteiger partial charge in [-0.1, -0.05) is 6.92 Å². The van der Waals surface area contributed by atoms with E-state index < -0.39 is 78.1 Å². The first-order valence-electron chi connectivity index (χ1n) is 11.1. The predicted octanol–water partition coefficient (Wildman–Crippen LogP) is 2.95. The number of carbonyl (C=O) groups excluding carboxylic acids is 3. The Kier molecular flexibility index (Phi) is 12.4. The van der Waals surface area contributed by atoms with Crippen LogP contribution < -0.4 is 10.9 Å². The topological polar surface area (TPSA) is 140 Å². The first-order valence-corrected chi connectivity index (χ1v) is 21.3. The minimum absolute atomic E-state index is 0.00677. The third-order valence-corrected chi connectivity index (χ3v) is 9.20. The molecule has 12 heteroatoms. The third-order valence-electron chi connectivity index (χ3n) is 5.19. The molecule has 0 saturated carbocycles. The van der Waals surface area contributed by atoms with Crippen LogP contribution in [0.3, 0.4) is 0 Å². The van der Waals surface area contributed by atoms with Gasteiger partial charge < -0.3 is 4.89 Å². The van der Waals surface area contributed by atoms with Crippen LogP contribution in [0.5, 0.6) is 5.75 Å². The fourth-order valence-electron chi connectivity index (χ4n) is 3.57. The van der Waals surface area contributed by atoms with Crippen molar-refractivity contribution in [1.29, 1.82) is 0 Å². The summed E-state index contributed by atoms with van der Waals surface area (Å²) in [5.74, 6) is -1.70. The molecule has 3 N–H and O–H groups in total. The number of aryl methyl sites for hydroxylation is 2. The van der Waals surface area contributed by atoms with E-state index in [2.05, 4.69) is 12.7 Å². The van der Waals surface area contributed by atoms with E-state index in [4.69, 9.17) is 9.26 Å². The van der Waals surface area contributed by atoms with Crippen molar-refractivity contribution in [2.24, 2.45) is 5.92 Å². The number of phosphoric acid groups is 1. The fourth-order valence-corrected chi connectivity index (χ4v) is 6.22. The van der Waals surface area contributed by atoms with Crippen LogP contribution in [0.25, 0.3) is 0 Å². The first kappa shape index (κ1) is 31.2. The summed E-state index contributed by atoms with van der Waals surface area (Å²) in [4.78, 5) is 46.8. The van der Waals surface area contributed by atoms with Gasteiger partial charge in [-0.25, -0.2) is 4.57 Å². The molecule has 1 unspecified atom stereocenters. The van der Waals surface area contributed by atoms with Crippen LogP contribution >= 0.6 is 7.82 Å². The molecule has 34 heavy (non-hydrogen) atoms. The second kappa shape index (κ2) is 13.5. The Morgan fingerprint density at radius 2 is 1.82 bits per heavy atom. The van der Waals surface area contributed by atoms with Crippen molar-refractivity contribution < 1.29 is 78.6 Å². The van der Waals surface area contributed by atoms with Crippen LogP contribution in [0.4, 0.5) is 0 Å². The number of phosphoric ester groups is 1. The molecule has 2 amide bonds. The monoisotopic (exact) mass is 712 g/mol. The van der Waals surface area contributed by atoms with Gasteiger partial charge in [0.05, 0.1) is 6.61 Å². The summed E-state index contributed by atoms with van der Waals surface area (Å²) >= 11 is -1.40. The van der Waals surface area contributed by atoms with Crippen molar-refractivity contribution in [2.45, 2.75) is 61.4 Å². The number of hydrogen-bond acceptors (Lipinski definition) is 7. The molecule has 0 saturated heterocycles. The quantitative estimate of drug-likeness (QED) is 0.171. The Labute approximate surface area is 224 Å². The fraction of sp³-hybridized carbons (Fsp3) is 0.591. The summed E-state index contributed by atoms with van der Waals surface area (Å²) in [6, 6.07) is 2.72. The summed E-state index contributed by atoms with van der Waals surface area (Å²) in [7, 11) is -3.19. The van der Waals surface area contributed by atoms with Crippen molar-refractivity contribution >= 4 is 25.6 Å². The maximum absolute atomic E-state index is 12.8. The molecule has 0 aliphatic carbocycles. The summed E-state index contributed by atoms with van der Waals surface area (Å²) in [6.45, 7) is 10.3. The van der Waals surface area contributed by atoms with Crippen LogP contribution in [-0.4, -0.2) is 42.4 Å². The standard InChI is InChI=1S/C21H33N2O8P.CH3.Ra/c1-12-8-13(2)18(21(5,6)10-17(22)24)16(9-12)31-20(26)15(4)23-19(25)14(3)11-30-32(27,28)29-7;;/h8-9,14-15H,10-11H2,1-7H3,(H4,22,23,24,25,27,28);1H3;/q;;+1/p-1/t14-,15-;;/m1../s1. The van der Waals surface area contributed by atoms with E-state index in [1.165, 1.54) is 13.8 Å². The van der Waals surface area contributed by atoms with E-state index in [1.807, 2.05) is 33.8 Å². The van der Waals surface area contributed by atoms with Crippen molar-refractivity contribution in [3.8, 4) is 5.75 Å². The number of amides is 2. The van der Waals surface area contributed by atoms with Gasteiger partial charge in [0, 0.05) is 7.11 Å². The van der Waals surface area contributed by atoms with Gasteiger partial charge in [0.1, 0.15) is 0 Å². The van der Waals surface area contributed by atoms with Gasteiger partial charge in [0.25, 0.3) is 0 Å². The van der Waals surface area contributed by atoms with Crippen molar-refractivity contribution in [3.05, 3.63) is 28.8 Å². The number of hydrogen-bond donors (Lipinski definition) is 3. The molecule has 1 aromatic rings. The van der Waals surface area contributed by atoms with Crippen LogP contribution in [0.15, 0.2) is 12.1 Å². The summed E-state index contributed by atoms with van der Waals surface area (Å²) in [5.41, 5.74) is 1.97. The SMILES string of the molecule is COP(=O)(O)OC[C@@H](C)C(=O)N[C@H](C)C(=O)Oc1cc(C)cc(C)c1C(C)(C)CC(=O)[NH][Ra][CH3]. The number of esters is 1. The average molecular weight is 713 g/mol. The summed E-state index contributed by atoms with van der Waals surface area (Å²) in [6.07, 6.45) is 0.261. The Balaban J connectivity index is 2.99. The molecule has 188 valence electrons. The van der Waals surface area contributed by atoms with E-state index in [9.17, 15) is 23.8 Å². The molecule has 1 aromatic carbocycles. The molecule has 3 atom stereocenters. The number of rotatable bonds is 12. The molecular weight excluding hydrogens is 677 g/mol. The van der Waals surface area contributed by atoms with Crippen LogP contribution in [0.2, 0.25) is 1.96 Å². The Hall–Kier alpha value is -0.792. The van der Waals surface area contributed by atoms with Gasteiger partial charge in [0.15, 0.2) is 0 Å². The summed E-state index contributed by atoms with van der Waals surface area (Å²) in [5, 5.41) is 2.53. The number of carbonyl (C=O) groups is 3. The van der Waals surface area contributed by atoms with Gasteiger partial charge in [-0.15, -0.1) is 0 Å². The van der Waals surface area contributed by atoms with Crippen molar-refractivity contribution in [1.82, 2.24) is 6.17 Å². The van der Waals surface area contributed by atoms with E-state index in [1.54, 1.807) is 6.07 Å². The van der Waals surface area contributed by atoms with Crippen LogP contribution in [0, 0.1) is 60.8 Å². The van der Waals surface area contributed by atoms with Gasteiger partial charge >= 0.3 is 187 Å². The minimum atomic E-state index is -4.21. The molecule has 1 rings (SSSR count). The van der Waals surface area contributed by atoms with Gasteiger partial charge in [-0.3, -0.25) is 9.05 Å². The van der Waals surface area contributed by atoms with Gasteiger partial charge in [-0.2, -0.15) is 0 Å². The summed E-state index contributed by atoms with van der Waals surface area (Å²) < 4.78 is 31.2. The normalized spacial score (nSPS) is 14.9. The van der Waals surface area contributed by atoms with Crippen LogP contribution in [0.1, 0.15) is 50.8 Å². The van der Waals surface area contributed by atoms with E-state index in [-0.39, 0.29) is 18.9 Å². The molecule has 10 nitrogen and oxygen atoms in total. The molecule has 0 aliphatic heterocycles. The van der Waals surface area contributed by atoms with Crippen molar-refractivity contribution in [2.75, 3.05) is 13.7 Å². The molecule has 0 fully saturated rings. The van der Waals surface area contributed by atoms with Gasteiger partial charge in [-0.05, 0) is 0 Å². The Morgan fingerprint density at radius 3 is 2.38 bits per heavy atom. The Morgan fingerprint density at radius 1 is 1.21 bits per heavy atom. The second-order valence-electron chi connectivity index (χ2n) is 8.97. The molecule has 0 aromatic heterocycles. The molecule has 0 heterocycles. The number of benzene rings is 1. The molecule has 0 radical (unpaired) electrons. The first-order chi connectivity index (χ1) is 15.6. The zero-order valence-electron chi connectivity index (χ0n) is 21.2. The zero-order valence-corrected chi connectivity index (χ0v) is 27.9. The maximum atomic E-state index is 12.8. The average Bonchev–Trinajstić information content (AvgIpc) is 2.70. The molecular formula is C22H35N2O8PRa. The van der Waals surface area contributed by atoms with Gasteiger partial charge in [0.2, 0.25) is 0 Å². The van der Waals surface area contributed by atoms with E-state index >= 15 is 0 Å². The van der Waals surface area contributed by atoms with Crippen molar-refractivity contribution in [3.63, 3.8) is 0 Å². The van der Waals surface area contributed by atoms with E-state index in [0.717, 1.165) is 23.8 Å². The predicted molar refractivity (Wildman–Crippen MR) is 123 cm³/mol. The molecule has 0 aliphatic rings. The number of ether oxygens (including phenoxy) is 1. The molecule has 0 bridgehead atoms. The third kappa shape index (κ3) is 9.69.